The van der Waals surface area contributed by atoms with Gasteiger partial charge in [-0.05, 0) is 77.6 Å². The van der Waals surface area contributed by atoms with Crippen LogP contribution < -0.4 is 18.4 Å². The van der Waals surface area contributed by atoms with Crippen molar-refractivity contribution in [2.75, 3.05) is 27.9 Å². The molecule has 0 N–H and O–H groups in total. The van der Waals surface area contributed by atoms with E-state index in [1.165, 1.54) is 34.4 Å². The lowest BCUT2D eigenvalue weighted by molar-refractivity contribution is 0.160. The molecule has 2 aliphatic rings. The molecule has 3 aromatic rings. The molecule has 7 heteroatoms. The summed E-state index contributed by atoms with van der Waals surface area (Å²) < 4.78 is 36.2. The number of nitrogens with zero attached hydrogens (tertiary/aromatic N) is 1. The summed E-state index contributed by atoms with van der Waals surface area (Å²) in [4.78, 5) is 3.21. The summed E-state index contributed by atoms with van der Waals surface area (Å²) >= 11 is 1.13. The van der Waals surface area contributed by atoms with Crippen LogP contribution in [-0.2, 0) is 19.4 Å². The van der Waals surface area contributed by atoms with E-state index in [1.807, 2.05) is 6.07 Å². The Hall–Kier alpha value is -2.90. The highest BCUT2D eigenvalue weighted by atomic mass is 32.2. The van der Waals surface area contributed by atoms with Gasteiger partial charge in [-0.15, -0.1) is 0 Å². The molecule has 3 aromatic carbocycles. The van der Waals surface area contributed by atoms with Gasteiger partial charge in [-0.3, -0.25) is 4.90 Å². The molecular weight excluding hydrogens is 441 g/mol. The van der Waals surface area contributed by atoms with Gasteiger partial charge < -0.3 is 18.4 Å². The summed E-state index contributed by atoms with van der Waals surface area (Å²) in [6.07, 6.45) is 1.84. The van der Waals surface area contributed by atoms with Crippen LogP contribution in [0.1, 0.15) is 28.3 Å². The maximum absolute atomic E-state index is 13.5. The molecule has 0 saturated heterocycles. The lowest BCUT2D eigenvalue weighted by atomic mass is 9.83. The fourth-order valence-corrected chi connectivity index (χ4v) is 5.36. The number of hydrogen-bond donors (Lipinski definition) is 0. The second-order valence-corrected chi connectivity index (χ2v) is 9.05. The van der Waals surface area contributed by atoms with Crippen LogP contribution >= 0.6 is 12.0 Å². The van der Waals surface area contributed by atoms with Crippen LogP contribution in [0.25, 0.3) is 0 Å². The number of methoxy groups -OCH3 is 3. The number of hydrogen-bond acceptors (Lipinski definition) is 6. The van der Waals surface area contributed by atoms with Gasteiger partial charge in [-0.1, -0.05) is 6.07 Å². The van der Waals surface area contributed by atoms with Gasteiger partial charge in [-0.25, -0.2) is 4.39 Å². The first-order valence-corrected chi connectivity index (χ1v) is 11.6. The van der Waals surface area contributed by atoms with Gasteiger partial charge in [-0.2, -0.15) is 0 Å². The molecule has 0 aliphatic carbocycles. The molecule has 2 aliphatic heterocycles. The highest BCUT2D eigenvalue weighted by Gasteiger charge is 2.34. The lowest BCUT2D eigenvalue weighted by Gasteiger charge is -2.41. The highest BCUT2D eigenvalue weighted by molar-refractivity contribution is 7.95. The number of halogens is 1. The van der Waals surface area contributed by atoms with Crippen LogP contribution in [0.4, 0.5) is 4.39 Å². The van der Waals surface area contributed by atoms with Gasteiger partial charge >= 0.3 is 0 Å². The average Bonchev–Trinajstić information content (AvgIpc) is 2.84. The van der Waals surface area contributed by atoms with E-state index in [-0.39, 0.29) is 11.9 Å². The Labute approximate surface area is 197 Å². The molecule has 0 fully saturated rings. The zero-order valence-electron chi connectivity index (χ0n) is 18.9. The van der Waals surface area contributed by atoms with E-state index in [4.69, 9.17) is 18.4 Å². The van der Waals surface area contributed by atoms with E-state index >= 15 is 0 Å². The third kappa shape index (κ3) is 4.23. The second-order valence-electron chi connectivity index (χ2n) is 8.24. The molecule has 1 unspecified atom stereocenters. The molecule has 0 aromatic heterocycles. The Morgan fingerprint density at radius 2 is 1.55 bits per heavy atom. The van der Waals surface area contributed by atoms with Crippen molar-refractivity contribution in [1.29, 1.82) is 0 Å². The zero-order chi connectivity index (χ0) is 22.9. The lowest BCUT2D eigenvalue weighted by Crippen LogP contribution is -2.39. The quantitative estimate of drug-likeness (QED) is 0.440. The first-order valence-electron chi connectivity index (χ1n) is 10.9. The number of benzene rings is 3. The van der Waals surface area contributed by atoms with Crippen molar-refractivity contribution in [2.24, 2.45) is 0 Å². The summed E-state index contributed by atoms with van der Waals surface area (Å²) in [6.45, 7) is 1.84. The molecule has 1 atom stereocenters. The Bertz CT molecular complexity index is 1190. The molecule has 5 nitrogen and oxygen atoms in total. The van der Waals surface area contributed by atoms with Crippen molar-refractivity contribution < 1.29 is 22.8 Å². The van der Waals surface area contributed by atoms with Gasteiger partial charge in [0.15, 0.2) is 23.0 Å². The van der Waals surface area contributed by atoms with Crippen molar-refractivity contribution in [3.05, 3.63) is 76.6 Å². The summed E-state index contributed by atoms with van der Waals surface area (Å²) in [5, 5.41) is 0. The number of rotatable bonds is 6. The molecule has 0 bridgehead atoms. The minimum absolute atomic E-state index is 0.262. The molecule has 0 amide bonds. The van der Waals surface area contributed by atoms with Crippen molar-refractivity contribution in [1.82, 2.24) is 4.90 Å². The predicted molar refractivity (Wildman–Crippen MR) is 126 cm³/mol. The van der Waals surface area contributed by atoms with E-state index < -0.39 is 0 Å². The maximum Gasteiger partial charge on any atom is 0.179 e. The summed E-state index contributed by atoms with van der Waals surface area (Å²) in [7, 11) is 4.99. The Balaban J connectivity index is 1.45. The van der Waals surface area contributed by atoms with Crippen LogP contribution in [0.3, 0.4) is 0 Å². The Kier molecular flexibility index (Phi) is 6.08. The van der Waals surface area contributed by atoms with Gasteiger partial charge in [0.25, 0.3) is 0 Å². The molecule has 0 spiro atoms. The second kappa shape index (κ2) is 9.15. The fourth-order valence-electron chi connectivity index (χ4n) is 4.75. The van der Waals surface area contributed by atoms with Crippen molar-refractivity contribution in [2.45, 2.75) is 30.3 Å². The minimum atomic E-state index is -0.288. The topological polar surface area (TPSA) is 40.2 Å². The van der Waals surface area contributed by atoms with Crippen LogP contribution in [-0.4, -0.2) is 32.8 Å². The van der Waals surface area contributed by atoms with Crippen LogP contribution in [0.2, 0.25) is 0 Å². The smallest absolute Gasteiger partial charge is 0.179 e. The van der Waals surface area contributed by atoms with E-state index in [0.717, 1.165) is 49.5 Å². The molecule has 2 heterocycles. The van der Waals surface area contributed by atoms with Gasteiger partial charge in [0.2, 0.25) is 0 Å². The van der Waals surface area contributed by atoms with Crippen molar-refractivity contribution in [3.63, 3.8) is 0 Å². The molecule has 0 radical (unpaired) electrons. The largest absolute Gasteiger partial charge is 0.493 e. The van der Waals surface area contributed by atoms with Crippen LogP contribution in [0.15, 0.2) is 53.4 Å². The molecule has 0 saturated carbocycles. The van der Waals surface area contributed by atoms with Crippen LogP contribution in [0.5, 0.6) is 23.0 Å². The molecule has 33 heavy (non-hydrogen) atoms. The third-order valence-electron chi connectivity index (χ3n) is 6.41. The maximum atomic E-state index is 13.5. The highest BCUT2D eigenvalue weighted by Crippen LogP contribution is 2.45. The number of ether oxygens (including phenoxy) is 3. The molecule has 5 rings (SSSR count). The van der Waals surface area contributed by atoms with E-state index in [0.29, 0.717) is 16.4 Å². The first kappa shape index (κ1) is 21.9. The van der Waals surface area contributed by atoms with E-state index in [1.54, 1.807) is 27.4 Å². The Morgan fingerprint density at radius 3 is 2.30 bits per heavy atom. The fraction of sp³-hybridized carbons (Fsp3) is 0.308. The van der Waals surface area contributed by atoms with Gasteiger partial charge in [0.05, 0.1) is 38.3 Å². The van der Waals surface area contributed by atoms with E-state index in [9.17, 15) is 4.39 Å². The predicted octanol–water partition coefficient (Wildman–Crippen LogP) is 5.59. The van der Waals surface area contributed by atoms with E-state index in [2.05, 4.69) is 29.2 Å². The van der Waals surface area contributed by atoms with Gasteiger partial charge in [0, 0.05) is 19.1 Å². The standard InChI is InChI=1S/C26H26FNO4S/c1-29-23-10-16-7-8-28-15-18-12-24(30-2)26(32-33-20-6-4-5-19(27)13-20)11-17(18)9-22(28)21(16)14-25(23)31-3/h4-6,10-14,22H,7-9,15H2,1-3H3. The summed E-state index contributed by atoms with van der Waals surface area (Å²) in [6, 6.07) is 15.0. The SMILES string of the molecule is COc1cc2c(cc1OC)C1Cc3cc(OSc4cccc(F)c4)c(OC)cc3CN1CC2. The van der Waals surface area contributed by atoms with Gasteiger partial charge in [0.1, 0.15) is 5.82 Å². The van der Waals surface area contributed by atoms with Crippen molar-refractivity contribution in [3.8, 4) is 23.0 Å². The molecule has 172 valence electrons. The first-order chi connectivity index (χ1) is 16.1. The monoisotopic (exact) mass is 467 g/mol. The minimum Gasteiger partial charge on any atom is -0.493 e. The molecular formula is C26H26FNO4S. The third-order valence-corrected chi connectivity index (χ3v) is 7.12. The van der Waals surface area contributed by atoms with Crippen molar-refractivity contribution >= 4 is 12.0 Å². The summed E-state index contributed by atoms with van der Waals surface area (Å²) in [5.41, 5.74) is 5.07. The van der Waals surface area contributed by atoms with Crippen LogP contribution in [0, 0.1) is 5.82 Å². The summed E-state index contributed by atoms with van der Waals surface area (Å²) in [5.74, 6) is 2.57. The average molecular weight is 468 g/mol. The normalized spacial score (nSPS) is 16.9. The zero-order valence-corrected chi connectivity index (χ0v) is 19.7. The number of fused-ring (bicyclic) bond motifs is 4. The Morgan fingerprint density at radius 1 is 0.848 bits per heavy atom.